The zero-order chi connectivity index (χ0) is 10.7. The molecular formula is C9H7Cl2NO2. The van der Waals surface area contributed by atoms with Crippen molar-refractivity contribution in [1.29, 1.82) is 0 Å². The number of hydrogen-bond donors (Lipinski definition) is 0. The third-order valence-electron chi connectivity index (χ3n) is 1.64. The summed E-state index contributed by atoms with van der Waals surface area (Å²) in [6, 6.07) is 4.95. The van der Waals surface area contributed by atoms with Crippen LogP contribution in [0.4, 0.5) is 0 Å². The predicted molar refractivity (Wildman–Crippen MR) is 57.1 cm³/mol. The van der Waals surface area contributed by atoms with Gasteiger partial charge < -0.3 is 0 Å². The molecule has 0 atom stereocenters. The third-order valence-corrected chi connectivity index (χ3v) is 2.30. The Balaban J connectivity index is 3.20. The van der Waals surface area contributed by atoms with Crippen LogP contribution in [-0.2, 0) is 0 Å². The fourth-order valence-electron chi connectivity index (χ4n) is 0.910. The minimum Gasteiger partial charge on any atom is -0.259 e. The molecule has 0 aliphatic heterocycles. The van der Waals surface area contributed by atoms with E-state index in [-0.39, 0.29) is 5.70 Å². The first-order valence-electron chi connectivity index (χ1n) is 3.79. The van der Waals surface area contributed by atoms with E-state index in [1.165, 1.54) is 13.0 Å². The van der Waals surface area contributed by atoms with Crippen molar-refractivity contribution in [2.45, 2.75) is 6.92 Å². The highest BCUT2D eigenvalue weighted by Gasteiger charge is 2.07. The zero-order valence-electron chi connectivity index (χ0n) is 7.33. The van der Waals surface area contributed by atoms with Crippen molar-refractivity contribution in [3.63, 3.8) is 0 Å². The van der Waals surface area contributed by atoms with Gasteiger partial charge in [-0.25, -0.2) is 0 Å². The molecule has 5 heteroatoms. The lowest BCUT2D eigenvalue weighted by Gasteiger charge is -2.00. The summed E-state index contributed by atoms with van der Waals surface area (Å²) in [7, 11) is 0. The van der Waals surface area contributed by atoms with Gasteiger partial charge in [0.15, 0.2) is 0 Å². The quantitative estimate of drug-likeness (QED) is 0.577. The number of rotatable bonds is 2. The number of benzene rings is 1. The van der Waals surface area contributed by atoms with Crippen molar-refractivity contribution in [3.05, 3.63) is 49.6 Å². The van der Waals surface area contributed by atoms with Crippen molar-refractivity contribution >= 4 is 29.3 Å². The summed E-state index contributed by atoms with van der Waals surface area (Å²) < 4.78 is 0. The van der Waals surface area contributed by atoms with Crippen LogP contribution in [0.1, 0.15) is 12.5 Å². The molecule has 3 nitrogen and oxygen atoms in total. The molecule has 0 bridgehead atoms. The van der Waals surface area contributed by atoms with Gasteiger partial charge in [-0.15, -0.1) is 0 Å². The Labute approximate surface area is 91.1 Å². The Morgan fingerprint density at radius 3 is 2.36 bits per heavy atom. The second-order valence-corrected chi connectivity index (χ2v) is 3.49. The lowest BCUT2D eigenvalue weighted by molar-refractivity contribution is -0.422. The molecule has 0 spiro atoms. The maximum absolute atomic E-state index is 10.4. The molecule has 0 unspecified atom stereocenters. The fourth-order valence-corrected chi connectivity index (χ4v) is 1.42. The van der Waals surface area contributed by atoms with Gasteiger partial charge in [0.25, 0.3) is 0 Å². The second kappa shape index (κ2) is 4.44. The first-order chi connectivity index (χ1) is 6.52. The summed E-state index contributed by atoms with van der Waals surface area (Å²) in [5.74, 6) is 0. The molecule has 0 amide bonds. The van der Waals surface area contributed by atoms with E-state index in [1.807, 2.05) is 0 Å². The highest BCUT2D eigenvalue weighted by molar-refractivity contribution is 6.37. The normalized spacial score (nSPS) is 11.5. The highest BCUT2D eigenvalue weighted by atomic mass is 35.5. The van der Waals surface area contributed by atoms with E-state index < -0.39 is 4.92 Å². The average molecular weight is 232 g/mol. The summed E-state index contributed by atoms with van der Waals surface area (Å²) in [6.45, 7) is 1.39. The van der Waals surface area contributed by atoms with Crippen molar-refractivity contribution in [3.8, 4) is 0 Å². The molecule has 74 valence electrons. The van der Waals surface area contributed by atoms with Gasteiger partial charge in [-0.2, -0.15) is 0 Å². The average Bonchev–Trinajstić information content (AvgIpc) is 2.11. The Morgan fingerprint density at radius 1 is 1.43 bits per heavy atom. The molecule has 14 heavy (non-hydrogen) atoms. The molecule has 0 radical (unpaired) electrons. The molecule has 0 saturated heterocycles. The largest absolute Gasteiger partial charge is 0.259 e. The molecule has 1 aromatic rings. The van der Waals surface area contributed by atoms with Crippen LogP contribution in [0.25, 0.3) is 6.08 Å². The van der Waals surface area contributed by atoms with Gasteiger partial charge in [0, 0.05) is 28.6 Å². The van der Waals surface area contributed by atoms with Crippen LogP contribution in [0.5, 0.6) is 0 Å². The first kappa shape index (κ1) is 11.0. The van der Waals surface area contributed by atoms with Crippen LogP contribution in [0, 0.1) is 10.1 Å². The van der Waals surface area contributed by atoms with Gasteiger partial charge in [-0.3, -0.25) is 10.1 Å². The van der Waals surface area contributed by atoms with Gasteiger partial charge in [0.1, 0.15) is 0 Å². The molecule has 1 rings (SSSR count). The summed E-state index contributed by atoms with van der Waals surface area (Å²) >= 11 is 11.7. The lowest BCUT2D eigenvalue weighted by Crippen LogP contribution is -1.93. The molecule has 1 aromatic carbocycles. The van der Waals surface area contributed by atoms with E-state index in [0.29, 0.717) is 15.6 Å². The van der Waals surface area contributed by atoms with Crippen molar-refractivity contribution in [2.75, 3.05) is 0 Å². The topological polar surface area (TPSA) is 43.1 Å². The van der Waals surface area contributed by atoms with Crippen molar-refractivity contribution in [2.24, 2.45) is 0 Å². The molecular weight excluding hydrogens is 225 g/mol. The van der Waals surface area contributed by atoms with Crippen LogP contribution >= 0.6 is 23.2 Å². The van der Waals surface area contributed by atoms with Crippen LogP contribution in [-0.4, -0.2) is 4.92 Å². The number of allylic oxidation sites excluding steroid dienone is 1. The molecule has 0 fully saturated rings. The molecule has 0 aliphatic carbocycles. The maximum atomic E-state index is 10.4. The fraction of sp³-hybridized carbons (Fsp3) is 0.111. The monoisotopic (exact) mass is 231 g/mol. The van der Waals surface area contributed by atoms with E-state index in [2.05, 4.69) is 0 Å². The Bertz CT molecular complexity index is 382. The maximum Gasteiger partial charge on any atom is 0.243 e. The van der Waals surface area contributed by atoms with Crippen molar-refractivity contribution in [1.82, 2.24) is 0 Å². The highest BCUT2D eigenvalue weighted by Crippen LogP contribution is 2.26. The van der Waals surface area contributed by atoms with Gasteiger partial charge in [0.05, 0.1) is 4.92 Å². The van der Waals surface area contributed by atoms with E-state index in [1.54, 1.807) is 18.2 Å². The van der Waals surface area contributed by atoms with E-state index in [4.69, 9.17) is 23.2 Å². The van der Waals surface area contributed by atoms with Gasteiger partial charge in [-0.05, 0) is 12.1 Å². The number of halogens is 2. The number of nitro groups is 1. The van der Waals surface area contributed by atoms with Crippen LogP contribution in [0.2, 0.25) is 10.0 Å². The standard InChI is InChI=1S/C9H7Cl2NO2/c1-6(12(13)14)5-7-8(10)3-2-4-9(7)11/h2-5H,1H3/b6-5+. The minimum absolute atomic E-state index is 0.000000000000000222. The van der Waals surface area contributed by atoms with E-state index in [9.17, 15) is 10.1 Å². The Morgan fingerprint density at radius 2 is 1.93 bits per heavy atom. The minimum atomic E-state index is -0.486. The predicted octanol–water partition coefficient (Wildman–Crippen LogP) is 3.63. The molecule has 0 N–H and O–H groups in total. The summed E-state index contributed by atoms with van der Waals surface area (Å²) in [6.07, 6.45) is 1.35. The second-order valence-electron chi connectivity index (χ2n) is 2.68. The van der Waals surface area contributed by atoms with Crippen LogP contribution in [0.3, 0.4) is 0 Å². The Kier molecular flexibility index (Phi) is 3.49. The van der Waals surface area contributed by atoms with Crippen LogP contribution < -0.4 is 0 Å². The van der Waals surface area contributed by atoms with Crippen molar-refractivity contribution < 1.29 is 4.92 Å². The van der Waals surface area contributed by atoms with Gasteiger partial charge in [0.2, 0.25) is 5.70 Å². The van der Waals surface area contributed by atoms with Gasteiger partial charge >= 0.3 is 0 Å². The molecule has 0 aliphatic rings. The van der Waals surface area contributed by atoms with Crippen LogP contribution in [0.15, 0.2) is 23.9 Å². The smallest absolute Gasteiger partial charge is 0.243 e. The molecule has 0 saturated carbocycles. The summed E-state index contributed by atoms with van der Waals surface area (Å²) in [5.41, 5.74) is 0.477. The van der Waals surface area contributed by atoms with E-state index in [0.717, 1.165) is 0 Å². The molecule has 0 heterocycles. The third kappa shape index (κ3) is 2.47. The first-order valence-corrected chi connectivity index (χ1v) is 4.54. The molecule has 0 aromatic heterocycles. The number of nitrogens with zero attached hydrogens (tertiary/aromatic N) is 1. The zero-order valence-corrected chi connectivity index (χ0v) is 8.84. The van der Waals surface area contributed by atoms with E-state index >= 15 is 0 Å². The Hall–Kier alpha value is -1.06. The summed E-state index contributed by atoms with van der Waals surface area (Å²) in [4.78, 5) is 9.89. The van der Waals surface area contributed by atoms with Gasteiger partial charge in [-0.1, -0.05) is 29.3 Å². The summed E-state index contributed by atoms with van der Waals surface area (Å²) in [5, 5.41) is 11.2. The number of hydrogen-bond acceptors (Lipinski definition) is 2. The SMILES string of the molecule is C/C(=C\c1c(Cl)cccc1Cl)[N+](=O)[O-]. The lowest BCUT2D eigenvalue weighted by atomic mass is 10.2.